The Balaban J connectivity index is 1.50. The van der Waals surface area contributed by atoms with E-state index in [1.165, 1.54) is 22.2 Å². The number of hydrogen-bond donors (Lipinski definition) is 2. The number of para-hydroxylation sites is 1. The average Bonchev–Trinajstić information content (AvgIpc) is 3.21. The van der Waals surface area contributed by atoms with Gasteiger partial charge in [0.05, 0.1) is 12.1 Å². The van der Waals surface area contributed by atoms with Crippen LogP contribution in [-0.2, 0) is 11.2 Å². The molecule has 1 aromatic carbocycles. The third kappa shape index (κ3) is 2.72. The second kappa shape index (κ2) is 6.13. The largest absolute Gasteiger partial charge is 0.376 e. The Morgan fingerprint density at radius 2 is 2.30 bits per heavy atom. The van der Waals surface area contributed by atoms with Crippen LogP contribution in [0.1, 0.15) is 37.1 Å². The molecule has 2 atom stereocenters. The molecule has 1 aromatic heterocycles. The Morgan fingerprint density at radius 1 is 1.43 bits per heavy atom. The van der Waals surface area contributed by atoms with Crippen molar-refractivity contribution in [1.82, 2.24) is 15.2 Å². The van der Waals surface area contributed by atoms with Crippen molar-refractivity contribution in [3.63, 3.8) is 0 Å². The minimum atomic E-state index is 0.274. The maximum Gasteiger partial charge on any atom is 0.169 e. The second-order valence-corrected chi connectivity index (χ2v) is 6.89. The number of aromatic nitrogens is 1. The van der Waals surface area contributed by atoms with Crippen molar-refractivity contribution < 1.29 is 4.74 Å². The van der Waals surface area contributed by atoms with E-state index < -0.39 is 0 Å². The summed E-state index contributed by atoms with van der Waals surface area (Å²) in [6.45, 7) is 4.90. The molecule has 4 nitrogen and oxygen atoms in total. The topological polar surface area (TPSA) is 40.3 Å². The minimum absolute atomic E-state index is 0.274. The predicted octanol–water partition coefficient (Wildman–Crippen LogP) is 3.14. The lowest BCUT2D eigenvalue weighted by Gasteiger charge is -2.36. The standard InChI is InChI=1S/C18H23N3OS/c1-12-17-15(14-6-2-3-7-16(14)20-17)8-9-21(12)18(23)19-11-13-5-4-10-22-13/h2-3,6-7,12-13,20H,4-5,8-11H2,1H3,(H,19,23)/t12-,13-/m1/s1. The Labute approximate surface area is 142 Å². The van der Waals surface area contributed by atoms with Crippen molar-refractivity contribution in [2.24, 2.45) is 0 Å². The highest BCUT2D eigenvalue weighted by molar-refractivity contribution is 7.80. The van der Waals surface area contributed by atoms with Crippen LogP contribution in [0, 0.1) is 0 Å². The number of fused-ring (bicyclic) bond motifs is 3. The van der Waals surface area contributed by atoms with E-state index >= 15 is 0 Å². The molecular weight excluding hydrogens is 306 g/mol. The Bertz CT molecular complexity index is 720. The number of nitrogens with zero attached hydrogens (tertiary/aromatic N) is 1. The zero-order valence-corrected chi connectivity index (χ0v) is 14.3. The van der Waals surface area contributed by atoms with E-state index in [4.69, 9.17) is 17.0 Å². The summed E-state index contributed by atoms with van der Waals surface area (Å²) in [5, 5.41) is 5.61. The molecule has 0 unspecified atom stereocenters. The van der Waals surface area contributed by atoms with Crippen LogP contribution in [0.4, 0.5) is 0 Å². The zero-order chi connectivity index (χ0) is 15.8. The van der Waals surface area contributed by atoms with Crippen molar-refractivity contribution in [2.45, 2.75) is 38.3 Å². The lowest BCUT2D eigenvalue weighted by atomic mass is 9.99. The number of nitrogens with one attached hydrogen (secondary N) is 2. The van der Waals surface area contributed by atoms with Crippen LogP contribution >= 0.6 is 12.2 Å². The molecule has 0 amide bonds. The van der Waals surface area contributed by atoms with Gasteiger partial charge in [0.15, 0.2) is 5.11 Å². The molecule has 3 heterocycles. The SMILES string of the molecule is C[C@@H]1c2[nH]c3ccccc3c2CCN1C(=S)NC[C@H]1CCCO1. The molecule has 122 valence electrons. The van der Waals surface area contributed by atoms with Gasteiger partial charge in [0.1, 0.15) is 0 Å². The zero-order valence-electron chi connectivity index (χ0n) is 13.5. The van der Waals surface area contributed by atoms with E-state index in [0.29, 0.717) is 6.10 Å². The summed E-state index contributed by atoms with van der Waals surface area (Å²) in [6, 6.07) is 8.83. The van der Waals surface area contributed by atoms with Gasteiger partial charge < -0.3 is 19.9 Å². The first-order valence-electron chi connectivity index (χ1n) is 8.49. The van der Waals surface area contributed by atoms with E-state index in [0.717, 1.165) is 44.1 Å². The fourth-order valence-electron chi connectivity index (χ4n) is 3.81. The van der Waals surface area contributed by atoms with Crippen LogP contribution in [0.3, 0.4) is 0 Å². The quantitative estimate of drug-likeness (QED) is 0.831. The van der Waals surface area contributed by atoms with Gasteiger partial charge in [-0.3, -0.25) is 0 Å². The first-order valence-corrected chi connectivity index (χ1v) is 8.90. The Kier molecular flexibility index (Phi) is 3.99. The van der Waals surface area contributed by atoms with Gasteiger partial charge in [0.2, 0.25) is 0 Å². The number of thiocarbonyl (C=S) groups is 1. The molecule has 0 spiro atoms. The average molecular weight is 329 g/mol. The normalized spacial score (nSPS) is 24.0. The van der Waals surface area contributed by atoms with Gasteiger partial charge in [0.25, 0.3) is 0 Å². The van der Waals surface area contributed by atoms with Gasteiger partial charge in [-0.15, -0.1) is 0 Å². The summed E-state index contributed by atoms with van der Waals surface area (Å²) in [5.41, 5.74) is 3.98. The van der Waals surface area contributed by atoms with Crippen molar-refractivity contribution in [3.8, 4) is 0 Å². The lowest BCUT2D eigenvalue weighted by molar-refractivity contribution is 0.113. The third-order valence-electron chi connectivity index (χ3n) is 5.10. The van der Waals surface area contributed by atoms with E-state index in [1.807, 2.05) is 0 Å². The molecule has 4 rings (SSSR count). The van der Waals surface area contributed by atoms with E-state index in [9.17, 15) is 0 Å². The summed E-state index contributed by atoms with van der Waals surface area (Å²) >= 11 is 5.64. The van der Waals surface area contributed by atoms with Gasteiger partial charge in [-0.2, -0.15) is 0 Å². The van der Waals surface area contributed by atoms with Gasteiger partial charge in [-0.1, -0.05) is 18.2 Å². The van der Waals surface area contributed by atoms with Gasteiger partial charge in [0, 0.05) is 36.3 Å². The van der Waals surface area contributed by atoms with Crippen molar-refractivity contribution in [1.29, 1.82) is 0 Å². The van der Waals surface area contributed by atoms with E-state index in [-0.39, 0.29) is 6.04 Å². The summed E-state index contributed by atoms with van der Waals surface area (Å²) in [7, 11) is 0. The molecule has 5 heteroatoms. The summed E-state index contributed by atoms with van der Waals surface area (Å²) < 4.78 is 5.67. The summed E-state index contributed by atoms with van der Waals surface area (Å²) in [5.74, 6) is 0. The Hall–Kier alpha value is -1.59. The van der Waals surface area contributed by atoms with Crippen LogP contribution in [0.2, 0.25) is 0 Å². The monoisotopic (exact) mass is 329 g/mol. The van der Waals surface area contributed by atoms with Gasteiger partial charge in [-0.05, 0) is 50.0 Å². The Morgan fingerprint density at radius 3 is 3.13 bits per heavy atom. The molecule has 0 saturated carbocycles. The first kappa shape index (κ1) is 15.0. The number of ether oxygens (including phenoxy) is 1. The molecule has 2 N–H and O–H groups in total. The van der Waals surface area contributed by atoms with Crippen molar-refractivity contribution in [3.05, 3.63) is 35.5 Å². The van der Waals surface area contributed by atoms with Crippen LogP contribution in [-0.4, -0.2) is 40.8 Å². The second-order valence-electron chi connectivity index (χ2n) is 6.50. The fraction of sp³-hybridized carbons (Fsp3) is 0.500. The molecule has 23 heavy (non-hydrogen) atoms. The highest BCUT2D eigenvalue weighted by atomic mass is 32.1. The molecule has 0 radical (unpaired) electrons. The van der Waals surface area contributed by atoms with E-state index in [2.05, 4.69) is 46.4 Å². The highest BCUT2D eigenvalue weighted by Gasteiger charge is 2.29. The number of H-pyrrole nitrogens is 1. The van der Waals surface area contributed by atoms with Crippen LogP contribution in [0.15, 0.2) is 24.3 Å². The third-order valence-corrected chi connectivity index (χ3v) is 5.48. The maximum atomic E-state index is 5.67. The molecular formula is C18H23N3OS. The van der Waals surface area contributed by atoms with Crippen molar-refractivity contribution in [2.75, 3.05) is 19.7 Å². The predicted molar refractivity (Wildman–Crippen MR) is 96.7 cm³/mol. The van der Waals surface area contributed by atoms with Crippen LogP contribution in [0.5, 0.6) is 0 Å². The number of aromatic amines is 1. The number of rotatable bonds is 2. The molecule has 0 aliphatic carbocycles. The number of benzene rings is 1. The van der Waals surface area contributed by atoms with Crippen LogP contribution in [0.25, 0.3) is 10.9 Å². The van der Waals surface area contributed by atoms with Gasteiger partial charge in [-0.25, -0.2) is 0 Å². The maximum absolute atomic E-state index is 5.67. The molecule has 2 aliphatic rings. The molecule has 0 bridgehead atoms. The summed E-state index contributed by atoms with van der Waals surface area (Å²) in [4.78, 5) is 5.89. The fourth-order valence-corrected chi connectivity index (χ4v) is 4.15. The molecule has 2 aromatic rings. The number of hydrogen-bond acceptors (Lipinski definition) is 2. The van der Waals surface area contributed by atoms with Crippen molar-refractivity contribution >= 4 is 28.2 Å². The smallest absolute Gasteiger partial charge is 0.169 e. The molecule has 2 aliphatic heterocycles. The molecule has 1 saturated heterocycles. The minimum Gasteiger partial charge on any atom is -0.376 e. The molecule has 1 fully saturated rings. The first-order chi connectivity index (χ1) is 11.2. The lowest BCUT2D eigenvalue weighted by Crippen LogP contribution is -2.46. The highest BCUT2D eigenvalue weighted by Crippen LogP contribution is 2.34. The van der Waals surface area contributed by atoms with E-state index in [1.54, 1.807) is 0 Å². The summed E-state index contributed by atoms with van der Waals surface area (Å²) in [6.07, 6.45) is 3.65. The van der Waals surface area contributed by atoms with Crippen LogP contribution < -0.4 is 5.32 Å². The van der Waals surface area contributed by atoms with Gasteiger partial charge >= 0.3 is 0 Å².